The van der Waals surface area contributed by atoms with E-state index in [1.807, 2.05) is 6.07 Å². The molecule has 0 amide bonds. The topological polar surface area (TPSA) is 52.3 Å². The standard InChI is InChI=1S/C13H12ClNO3/c1-8(2)17-12(16)10-5-3-4-9(6-10)11-7-15-13(14)18-11/h3-8H,1-2H3. The first kappa shape index (κ1) is 12.6. The van der Waals surface area contributed by atoms with Crippen LogP contribution in [-0.4, -0.2) is 17.1 Å². The molecule has 1 heterocycles. The molecular formula is C13H12ClNO3. The van der Waals surface area contributed by atoms with Gasteiger partial charge in [-0.25, -0.2) is 9.78 Å². The SMILES string of the molecule is CC(C)OC(=O)c1cccc(-c2cnc(Cl)o2)c1. The minimum absolute atomic E-state index is 0.0696. The predicted octanol–water partition coefficient (Wildman–Crippen LogP) is 3.56. The number of carbonyl (C=O) groups is 1. The van der Waals surface area contributed by atoms with Gasteiger partial charge in [-0.15, -0.1) is 0 Å². The Hall–Kier alpha value is -1.81. The van der Waals surface area contributed by atoms with Gasteiger partial charge >= 0.3 is 5.97 Å². The van der Waals surface area contributed by atoms with E-state index in [1.54, 1.807) is 32.0 Å². The fourth-order valence-corrected chi connectivity index (χ4v) is 1.60. The van der Waals surface area contributed by atoms with Crippen LogP contribution in [0.25, 0.3) is 11.3 Å². The zero-order valence-corrected chi connectivity index (χ0v) is 10.8. The van der Waals surface area contributed by atoms with Crippen LogP contribution in [-0.2, 0) is 4.74 Å². The predicted molar refractivity (Wildman–Crippen MR) is 67.5 cm³/mol. The second-order valence-corrected chi connectivity index (χ2v) is 4.34. The highest BCUT2D eigenvalue weighted by Gasteiger charge is 2.11. The molecule has 2 rings (SSSR count). The Balaban J connectivity index is 2.28. The molecule has 0 spiro atoms. The van der Waals surface area contributed by atoms with Crippen molar-refractivity contribution in [2.45, 2.75) is 20.0 Å². The molecule has 0 aliphatic heterocycles. The van der Waals surface area contributed by atoms with Crippen molar-refractivity contribution in [3.05, 3.63) is 41.4 Å². The molecule has 0 saturated carbocycles. The van der Waals surface area contributed by atoms with Gasteiger partial charge in [0.2, 0.25) is 0 Å². The zero-order chi connectivity index (χ0) is 13.1. The summed E-state index contributed by atoms with van der Waals surface area (Å²) in [6, 6.07) is 6.93. The number of hydrogen-bond acceptors (Lipinski definition) is 4. The van der Waals surface area contributed by atoms with E-state index in [9.17, 15) is 4.79 Å². The Kier molecular flexibility index (Phi) is 3.67. The molecular weight excluding hydrogens is 254 g/mol. The lowest BCUT2D eigenvalue weighted by molar-refractivity contribution is 0.0378. The summed E-state index contributed by atoms with van der Waals surface area (Å²) < 4.78 is 10.3. The van der Waals surface area contributed by atoms with E-state index in [-0.39, 0.29) is 17.4 Å². The van der Waals surface area contributed by atoms with Gasteiger partial charge in [0.15, 0.2) is 5.76 Å². The molecule has 0 unspecified atom stereocenters. The summed E-state index contributed by atoms with van der Waals surface area (Å²) in [5.41, 5.74) is 1.20. The number of rotatable bonds is 3. The number of aromatic nitrogens is 1. The largest absolute Gasteiger partial charge is 0.459 e. The van der Waals surface area contributed by atoms with Crippen LogP contribution in [0.4, 0.5) is 0 Å². The van der Waals surface area contributed by atoms with E-state index in [1.165, 1.54) is 6.20 Å². The van der Waals surface area contributed by atoms with Crippen molar-refractivity contribution in [3.63, 3.8) is 0 Å². The van der Waals surface area contributed by atoms with Crippen LogP contribution < -0.4 is 0 Å². The van der Waals surface area contributed by atoms with Gasteiger partial charge in [-0.1, -0.05) is 12.1 Å². The van der Waals surface area contributed by atoms with Gasteiger partial charge in [0.25, 0.3) is 5.35 Å². The second kappa shape index (κ2) is 5.23. The van der Waals surface area contributed by atoms with E-state index < -0.39 is 0 Å². The summed E-state index contributed by atoms with van der Waals surface area (Å²) in [7, 11) is 0. The maximum Gasteiger partial charge on any atom is 0.338 e. The minimum Gasteiger partial charge on any atom is -0.459 e. The first-order valence-corrected chi connectivity index (χ1v) is 5.87. The van der Waals surface area contributed by atoms with Crippen LogP contribution in [0.5, 0.6) is 0 Å². The maximum atomic E-state index is 11.7. The highest BCUT2D eigenvalue weighted by Crippen LogP contribution is 2.23. The lowest BCUT2D eigenvalue weighted by Gasteiger charge is -2.08. The molecule has 0 N–H and O–H groups in total. The van der Waals surface area contributed by atoms with Gasteiger partial charge in [-0.3, -0.25) is 0 Å². The molecule has 2 aromatic rings. The Morgan fingerprint density at radius 3 is 2.83 bits per heavy atom. The van der Waals surface area contributed by atoms with Crippen molar-refractivity contribution in [2.24, 2.45) is 0 Å². The molecule has 0 atom stereocenters. The normalized spacial score (nSPS) is 10.7. The van der Waals surface area contributed by atoms with Crippen molar-refractivity contribution in [1.82, 2.24) is 4.98 Å². The van der Waals surface area contributed by atoms with E-state index in [0.29, 0.717) is 11.3 Å². The van der Waals surface area contributed by atoms with Crippen molar-refractivity contribution >= 4 is 17.6 Å². The molecule has 4 nitrogen and oxygen atoms in total. The quantitative estimate of drug-likeness (QED) is 0.796. The van der Waals surface area contributed by atoms with Gasteiger partial charge in [-0.05, 0) is 37.6 Å². The van der Waals surface area contributed by atoms with E-state index in [2.05, 4.69) is 4.98 Å². The summed E-state index contributed by atoms with van der Waals surface area (Å²) in [6.45, 7) is 3.61. The van der Waals surface area contributed by atoms with Gasteiger partial charge in [-0.2, -0.15) is 0 Å². The van der Waals surface area contributed by atoms with Crippen molar-refractivity contribution in [1.29, 1.82) is 0 Å². The average molecular weight is 266 g/mol. The Bertz CT molecular complexity index is 563. The van der Waals surface area contributed by atoms with Crippen molar-refractivity contribution in [3.8, 4) is 11.3 Å². The number of hydrogen-bond donors (Lipinski definition) is 0. The Labute approximate surface area is 110 Å². The van der Waals surface area contributed by atoms with Gasteiger partial charge < -0.3 is 9.15 Å². The Morgan fingerprint density at radius 2 is 2.22 bits per heavy atom. The third-order valence-corrected chi connectivity index (χ3v) is 2.38. The molecule has 0 aliphatic carbocycles. The number of oxazole rings is 1. The minimum atomic E-state index is -0.363. The smallest absolute Gasteiger partial charge is 0.338 e. The van der Waals surface area contributed by atoms with Crippen LogP contribution in [0.2, 0.25) is 5.35 Å². The van der Waals surface area contributed by atoms with E-state index in [4.69, 9.17) is 20.8 Å². The molecule has 0 bridgehead atoms. The highest BCUT2D eigenvalue weighted by atomic mass is 35.5. The van der Waals surface area contributed by atoms with Crippen LogP contribution >= 0.6 is 11.6 Å². The van der Waals surface area contributed by atoms with Crippen LogP contribution in [0.3, 0.4) is 0 Å². The molecule has 0 fully saturated rings. The average Bonchev–Trinajstić information content (AvgIpc) is 2.75. The summed E-state index contributed by atoms with van der Waals surface area (Å²) in [4.78, 5) is 15.5. The summed E-state index contributed by atoms with van der Waals surface area (Å²) in [6.07, 6.45) is 1.36. The third kappa shape index (κ3) is 2.90. The molecule has 18 heavy (non-hydrogen) atoms. The summed E-state index contributed by atoms with van der Waals surface area (Å²) in [5, 5.41) is 0.0696. The van der Waals surface area contributed by atoms with E-state index in [0.717, 1.165) is 5.56 Å². The van der Waals surface area contributed by atoms with Crippen LogP contribution in [0.1, 0.15) is 24.2 Å². The van der Waals surface area contributed by atoms with E-state index >= 15 is 0 Å². The molecule has 5 heteroatoms. The van der Waals surface area contributed by atoms with Crippen molar-refractivity contribution in [2.75, 3.05) is 0 Å². The lowest BCUT2D eigenvalue weighted by Crippen LogP contribution is -2.11. The van der Waals surface area contributed by atoms with Gasteiger partial charge in [0.1, 0.15) is 0 Å². The van der Waals surface area contributed by atoms with Crippen LogP contribution in [0.15, 0.2) is 34.9 Å². The number of benzene rings is 1. The number of ether oxygens (including phenoxy) is 1. The highest BCUT2D eigenvalue weighted by molar-refractivity contribution is 6.27. The van der Waals surface area contributed by atoms with Gasteiger partial charge in [0.05, 0.1) is 17.9 Å². The summed E-state index contributed by atoms with van der Waals surface area (Å²) in [5.74, 6) is 0.150. The van der Waals surface area contributed by atoms with Gasteiger partial charge in [0, 0.05) is 5.56 Å². The molecule has 0 aliphatic rings. The molecule has 1 aromatic heterocycles. The zero-order valence-electron chi connectivity index (χ0n) is 10.0. The maximum absolute atomic E-state index is 11.7. The molecule has 94 valence electrons. The molecule has 0 radical (unpaired) electrons. The first-order chi connectivity index (χ1) is 8.56. The third-order valence-electron chi connectivity index (χ3n) is 2.20. The summed E-state index contributed by atoms with van der Waals surface area (Å²) >= 11 is 5.61. The molecule has 1 aromatic carbocycles. The first-order valence-electron chi connectivity index (χ1n) is 5.49. The van der Waals surface area contributed by atoms with Crippen molar-refractivity contribution < 1.29 is 13.9 Å². The lowest BCUT2D eigenvalue weighted by atomic mass is 10.1. The second-order valence-electron chi connectivity index (χ2n) is 4.01. The fraction of sp³-hybridized carbons (Fsp3) is 0.231. The number of carbonyl (C=O) groups excluding carboxylic acids is 1. The fourth-order valence-electron chi connectivity index (χ4n) is 1.47. The Morgan fingerprint density at radius 1 is 1.44 bits per heavy atom. The molecule has 0 saturated heterocycles. The number of halogens is 1. The number of nitrogens with zero attached hydrogens (tertiary/aromatic N) is 1. The van der Waals surface area contributed by atoms with Crippen LogP contribution in [0, 0.1) is 0 Å². The number of esters is 1. The monoisotopic (exact) mass is 265 g/mol.